The molecule has 0 radical (unpaired) electrons. The molecule has 0 atom stereocenters. The molecule has 0 spiro atoms. The number of amides is 1. The van der Waals surface area contributed by atoms with Crippen LogP contribution in [0, 0.1) is 11.3 Å². The van der Waals surface area contributed by atoms with Gasteiger partial charge in [0.25, 0.3) is 10.0 Å². The summed E-state index contributed by atoms with van der Waals surface area (Å²) in [6, 6.07) is 13.3. The molecule has 3 aromatic rings. The molecule has 2 heterocycles. The Hall–Kier alpha value is -3.22. The summed E-state index contributed by atoms with van der Waals surface area (Å²) >= 11 is 6.01. The number of aromatic nitrogens is 1. The zero-order chi connectivity index (χ0) is 24.7. The van der Waals surface area contributed by atoms with Crippen LogP contribution in [0.15, 0.2) is 53.6 Å². The van der Waals surface area contributed by atoms with Gasteiger partial charge in [-0.15, -0.1) is 0 Å². The van der Waals surface area contributed by atoms with Crippen LogP contribution in [-0.2, 0) is 14.8 Å². The van der Waals surface area contributed by atoms with Gasteiger partial charge in [0.05, 0.1) is 21.7 Å². The van der Waals surface area contributed by atoms with E-state index in [9.17, 15) is 18.5 Å². The van der Waals surface area contributed by atoms with E-state index in [2.05, 4.69) is 6.07 Å². The van der Waals surface area contributed by atoms with E-state index in [0.29, 0.717) is 53.4 Å². The van der Waals surface area contributed by atoms with Crippen LogP contribution >= 0.6 is 11.6 Å². The molecule has 178 valence electrons. The standard InChI is InChI=1S/C24H25ClN4O4S/c1-24(2,3)33-23(30)28-13-11-27(12-14-28)22-17(16-26)7-8-21-20(22)9-10-29(21)34(31,32)19-6-4-5-18(25)15-19/h4-10,15H,11-14H2,1-3H3. The van der Waals surface area contributed by atoms with Gasteiger partial charge in [0.1, 0.15) is 11.7 Å². The number of nitrogens with zero attached hydrogens (tertiary/aromatic N) is 4. The van der Waals surface area contributed by atoms with Crippen molar-refractivity contribution in [1.82, 2.24) is 8.87 Å². The highest BCUT2D eigenvalue weighted by Gasteiger charge is 2.28. The Morgan fingerprint density at radius 2 is 1.79 bits per heavy atom. The van der Waals surface area contributed by atoms with Crippen molar-refractivity contribution in [3.05, 3.63) is 59.2 Å². The number of carbonyl (C=O) groups excluding carboxylic acids is 1. The van der Waals surface area contributed by atoms with E-state index in [1.807, 2.05) is 25.7 Å². The monoisotopic (exact) mass is 500 g/mol. The van der Waals surface area contributed by atoms with Gasteiger partial charge in [-0.2, -0.15) is 5.26 Å². The molecule has 0 unspecified atom stereocenters. The Kier molecular flexibility index (Phi) is 6.23. The number of rotatable bonds is 3. The predicted molar refractivity (Wildman–Crippen MR) is 131 cm³/mol. The molecule has 0 bridgehead atoms. The van der Waals surface area contributed by atoms with Gasteiger partial charge in [-0.3, -0.25) is 0 Å². The van der Waals surface area contributed by atoms with Crippen LogP contribution in [0.2, 0.25) is 5.02 Å². The molecular weight excluding hydrogens is 476 g/mol. The number of benzene rings is 2. The molecule has 1 aliphatic heterocycles. The number of anilines is 1. The maximum absolute atomic E-state index is 13.3. The highest BCUT2D eigenvalue weighted by molar-refractivity contribution is 7.90. The van der Waals surface area contributed by atoms with Crippen molar-refractivity contribution >= 4 is 44.3 Å². The summed E-state index contributed by atoms with van der Waals surface area (Å²) in [5.41, 5.74) is 0.981. The fourth-order valence-corrected chi connectivity index (χ4v) is 5.64. The van der Waals surface area contributed by atoms with Gasteiger partial charge in [0.2, 0.25) is 0 Å². The van der Waals surface area contributed by atoms with E-state index in [0.717, 1.165) is 0 Å². The van der Waals surface area contributed by atoms with Gasteiger partial charge in [-0.05, 0) is 57.2 Å². The Bertz CT molecular complexity index is 1390. The minimum absolute atomic E-state index is 0.0781. The summed E-state index contributed by atoms with van der Waals surface area (Å²) in [5.74, 6) is 0. The molecule has 1 fully saturated rings. The molecule has 2 aromatic carbocycles. The number of hydrogen-bond acceptors (Lipinski definition) is 6. The fourth-order valence-electron chi connectivity index (χ4n) is 4.00. The van der Waals surface area contributed by atoms with Crippen molar-refractivity contribution < 1.29 is 17.9 Å². The van der Waals surface area contributed by atoms with Crippen LogP contribution in [0.25, 0.3) is 10.9 Å². The van der Waals surface area contributed by atoms with E-state index in [4.69, 9.17) is 16.3 Å². The van der Waals surface area contributed by atoms with Crippen LogP contribution in [0.4, 0.5) is 10.5 Å². The quantitative estimate of drug-likeness (QED) is 0.526. The van der Waals surface area contributed by atoms with Gasteiger partial charge < -0.3 is 14.5 Å². The number of hydrogen-bond donors (Lipinski definition) is 0. The minimum Gasteiger partial charge on any atom is -0.444 e. The Morgan fingerprint density at radius 3 is 2.41 bits per heavy atom. The normalized spacial score (nSPS) is 14.8. The van der Waals surface area contributed by atoms with E-state index in [1.54, 1.807) is 35.2 Å². The van der Waals surface area contributed by atoms with Crippen LogP contribution in [0.5, 0.6) is 0 Å². The lowest BCUT2D eigenvalue weighted by molar-refractivity contribution is 0.0240. The van der Waals surface area contributed by atoms with Crippen molar-refractivity contribution in [3.8, 4) is 6.07 Å². The third-order valence-corrected chi connectivity index (χ3v) is 7.45. The molecular formula is C24H25ClN4O4S. The van der Waals surface area contributed by atoms with Crippen molar-refractivity contribution in [3.63, 3.8) is 0 Å². The van der Waals surface area contributed by atoms with E-state index < -0.39 is 15.6 Å². The van der Waals surface area contributed by atoms with Crippen LogP contribution in [0.3, 0.4) is 0 Å². The number of fused-ring (bicyclic) bond motifs is 1. The molecule has 0 aliphatic carbocycles. The SMILES string of the molecule is CC(C)(C)OC(=O)N1CCN(c2c(C#N)ccc3c2ccn3S(=O)(=O)c2cccc(Cl)c2)CC1. The zero-order valence-corrected chi connectivity index (χ0v) is 20.7. The summed E-state index contributed by atoms with van der Waals surface area (Å²) in [5, 5.41) is 10.7. The number of carbonyl (C=O) groups is 1. The third-order valence-electron chi connectivity index (χ3n) is 5.53. The number of halogens is 1. The molecule has 1 saturated heterocycles. The van der Waals surface area contributed by atoms with E-state index in [-0.39, 0.29) is 11.0 Å². The molecule has 8 nitrogen and oxygen atoms in total. The summed E-state index contributed by atoms with van der Waals surface area (Å²) < 4.78 is 33.3. The first-order valence-electron chi connectivity index (χ1n) is 10.8. The average Bonchev–Trinajstić information content (AvgIpc) is 3.22. The Balaban J connectivity index is 1.68. The van der Waals surface area contributed by atoms with Crippen molar-refractivity contribution in [1.29, 1.82) is 5.26 Å². The highest BCUT2D eigenvalue weighted by atomic mass is 35.5. The second kappa shape index (κ2) is 8.85. The topological polar surface area (TPSA) is 95.6 Å². The number of ether oxygens (including phenoxy) is 1. The smallest absolute Gasteiger partial charge is 0.410 e. The van der Waals surface area contributed by atoms with Gasteiger partial charge in [0.15, 0.2) is 0 Å². The first-order chi connectivity index (χ1) is 16.0. The first kappa shape index (κ1) is 23.9. The van der Waals surface area contributed by atoms with Gasteiger partial charge in [-0.25, -0.2) is 17.2 Å². The minimum atomic E-state index is -3.89. The molecule has 4 rings (SSSR count). The lowest BCUT2D eigenvalue weighted by Gasteiger charge is -2.37. The Labute approximate surface area is 203 Å². The molecule has 10 heteroatoms. The fraction of sp³-hybridized carbons (Fsp3) is 0.333. The summed E-state index contributed by atoms with van der Waals surface area (Å²) in [4.78, 5) is 16.1. The molecule has 1 aliphatic rings. The molecule has 0 N–H and O–H groups in total. The third kappa shape index (κ3) is 4.56. The lowest BCUT2D eigenvalue weighted by Crippen LogP contribution is -2.50. The van der Waals surface area contributed by atoms with Crippen LogP contribution < -0.4 is 4.90 Å². The lowest BCUT2D eigenvalue weighted by atomic mass is 10.1. The highest BCUT2D eigenvalue weighted by Crippen LogP contribution is 2.34. The van der Waals surface area contributed by atoms with Gasteiger partial charge in [-0.1, -0.05) is 17.7 Å². The van der Waals surface area contributed by atoms with Crippen molar-refractivity contribution in [2.45, 2.75) is 31.3 Å². The predicted octanol–water partition coefficient (Wildman–Crippen LogP) is 4.46. The summed E-state index contributed by atoms with van der Waals surface area (Å²) in [7, 11) is -3.89. The molecule has 1 amide bonds. The molecule has 1 aromatic heterocycles. The second-order valence-electron chi connectivity index (χ2n) is 9.03. The average molecular weight is 501 g/mol. The maximum Gasteiger partial charge on any atom is 0.410 e. The van der Waals surface area contributed by atoms with Crippen LogP contribution in [0.1, 0.15) is 26.3 Å². The second-order valence-corrected chi connectivity index (χ2v) is 11.3. The number of nitriles is 1. The molecule has 34 heavy (non-hydrogen) atoms. The van der Waals surface area contributed by atoms with Crippen molar-refractivity contribution in [2.75, 3.05) is 31.1 Å². The summed E-state index contributed by atoms with van der Waals surface area (Å²) in [6.07, 6.45) is 1.12. The molecule has 0 saturated carbocycles. The van der Waals surface area contributed by atoms with Crippen LogP contribution in [-0.4, -0.2) is 55.2 Å². The van der Waals surface area contributed by atoms with Crippen molar-refractivity contribution in [2.24, 2.45) is 0 Å². The summed E-state index contributed by atoms with van der Waals surface area (Å²) in [6.45, 7) is 7.29. The maximum atomic E-state index is 13.3. The zero-order valence-electron chi connectivity index (χ0n) is 19.2. The largest absolute Gasteiger partial charge is 0.444 e. The van der Waals surface area contributed by atoms with Gasteiger partial charge >= 0.3 is 6.09 Å². The van der Waals surface area contributed by atoms with E-state index in [1.165, 1.54) is 22.3 Å². The number of piperazine rings is 1. The Morgan fingerprint density at radius 1 is 1.09 bits per heavy atom. The van der Waals surface area contributed by atoms with E-state index >= 15 is 0 Å². The first-order valence-corrected chi connectivity index (χ1v) is 12.6. The van der Waals surface area contributed by atoms with Gasteiger partial charge in [0, 0.05) is 42.8 Å².